The minimum atomic E-state index is -0.101. The maximum absolute atomic E-state index is 12.9. The van der Waals surface area contributed by atoms with Crippen LogP contribution in [0.2, 0.25) is 0 Å². The second-order valence-corrected chi connectivity index (χ2v) is 7.93. The van der Waals surface area contributed by atoms with Gasteiger partial charge in [-0.3, -0.25) is 9.69 Å². The van der Waals surface area contributed by atoms with Gasteiger partial charge in [0.15, 0.2) is 5.17 Å². The van der Waals surface area contributed by atoms with Gasteiger partial charge in [0.1, 0.15) is 5.75 Å². The molecule has 5 nitrogen and oxygen atoms in total. The molecule has 1 fully saturated rings. The zero-order valence-corrected chi connectivity index (χ0v) is 16.8. The van der Waals surface area contributed by atoms with Gasteiger partial charge >= 0.3 is 0 Å². The predicted molar refractivity (Wildman–Crippen MR) is 117 cm³/mol. The molecule has 0 saturated carbocycles. The summed E-state index contributed by atoms with van der Waals surface area (Å²) in [7, 11) is 1.62. The maximum Gasteiger partial charge on any atom is 0.267 e. The number of amides is 1. The first-order chi connectivity index (χ1) is 13.7. The van der Waals surface area contributed by atoms with Gasteiger partial charge in [0.25, 0.3) is 5.91 Å². The molecule has 0 unspecified atom stereocenters. The van der Waals surface area contributed by atoms with E-state index in [0.717, 1.165) is 21.5 Å². The average Bonchev–Trinajstić information content (AvgIpc) is 3.24. The number of benzene rings is 2. The number of ether oxygens (including phenoxy) is 1. The van der Waals surface area contributed by atoms with Crippen molar-refractivity contribution in [2.75, 3.05) is 13.7 Å². The van der Waals surface area contributed by atoms with Gasteiger partial charge in [0, 0.05) is 12.1 Å². The SMILES string of the molecule is C=CCN1C(=O)/C(=C/c2ccccc2OC)S/C1=N/c1nc2ccccc2s1. The number of methoxy groups -OCH3 is 1. The van der Waals surface area contributed by atoms with Crippen LogP contribution in [-0.4, -0.2) is 34.6 Å². The number of thioether (sulfide) groups is 1. The van der Waals surface area contributed by atoms with Crippen LogP contribution in [0.5, 0.6) is 5.75 Å². The van der Waals surface area contributed by atoms with Gasteiger partial charge in [-0.05, 0) is 36.0 Å². The molecule has 0 N–H and O–H groups in total. The molecule has 140 valence electrons. The Morgan fingerprint density at radius 2 is 2.00 bits per heavy atom. The van der Waals surface area contributed by atoms with Crippen LogP contribution >= 0.6 is 23.1 Å². The van der Waals surface area contributed by atoms with E-state index in [-0.39, 0.29) is 5.91 Å². The van der Waals surface area contributed by atoms with E-state index < -0.39 is 0 Å². The maximum atomic E-state index is 12.9. The van der Waals surface area contributed by atoms with Crippen molar-refractivity contribution < 1.29 is 9.53 Å². The van der Waals surface area contributed by atoms with E-state index in [0.29, 0.717) is 21.7 Å². The molecule has 4 rings (SSSR count). The number of fused-ring (bicyclic) bond motifs is 1. The highest BCUT2D eigenvalue weighted by atomic mass is 32.2. The van der Waals surface area contributed by atoms with Crippen molar-refractivity contribution in [2.45, 2.75) is 0 Å². The third kappa shape index (κ3) is 3.58. The standard InChI is InChI=1S/C21H17N3O2S2/c1-3-12-24-19(25)18(13-14-8-4-6-10-16(14)26-2)28-21(24)23-20-22-15-9-5-7-11-17(15)27-20/h3-11,13H,1,12H2,2H3/b18-13-,23-21+. The minimum absolute atomic E-state index is 0.101. The molecule has 3 aromatic rings. The lowest BCUT2D eigenvalue weighted by molar-refractivity contribution is -0.121. The van der Waals surface area contributed by atoms with E-state index in [4.69, 9.17) is 4.74 Å². The number of aromatic nitrogens is 1. The number of carbonyl (C=O) groups excluding carboxylic acids is 1. The van der Waals surface area contributed by atoms with E-state index >= 15 is 0 Å². The molecular formula is C21H17N3O2S2. The Morgan fingerprint density at radius 3 is 2.79 bits per heavy atom. The van der Waals surface area contributed by atoms with E-state index in [1.165, 1.54) is 23.1 Å². The van der Waals surface area contributed by atoms with Crippen LogP contribution in [0.4, 0.5) is 5.13 Å². The van der Waals surface area contributed by atoms with Crippen molar-refractivity contribution in [3.8, 4) is 5.75 Å². The topological polar surface area (TPSA) is 54.8 Å². The van der Waals surface area contributed by atoms with Crippen molar-refractivity contribution in [3.05, 3.63) is 71.7 Å². The first-order valence-corrected chi connectivity index (χ1v) is 10.2. The smallest absolute Gasteiger partial charge is 0.267 e. The number of aliphatic imine (C=N–C) groups is 1. The highest BCUT2D eigenvalue weighted by molar-refractivity contribution is 8.18. The molecule has 28 heavy (non-hydrogen) atoms. The molecule has 1 amide bonds. The summed E-state index contributed by atoms with van der Waals surface area (Å²) in [5.41, 5.74) is 1.75. The second-order valence-electron chi connectivity index (χ2n) is 5.92. The Balaban J connectivity index is 1.72. The molecule has 0 bridgehead atoms. The molecule has 2 aromatic carbocycles. The van der Waals surface area contributed by atoms with Crippen LogP contribution in [0.3, 0.4) is 0 Å². The first kappa shape index (κ1) is 18.5. The van der Waals surface area contributed by atoms with Gasteiger partial charge < -0.3 is 4.74 Å². The second kappa shape index (κ2) is 8.00. The van der Waals surface area contributed by atoms with Gasteiger partial charge in [-0.15, -0.1) is 6.58 Å². The molecule has 7 heteroatoms. The molecular weight excluding hydrogens is 390 g/mol. The number of rotatable bonds is 5. The quantitative estimate of drug-likeness (QED) is 0.436. The van der Waals surface area contributed by atoms with Gasteiger partial charge in [-0.25, -0.2) is 4.98 Å². The fourth-order valence-electron chi connectivity index (χ4n) is 2.80. The summed E-state index contributed by atoms with van der Waals surface area (Å²) in [6.45, 7) is 4.15. The number of hydrogen-bond donors (Lipinski definition) is 0. The third-order valence-electron chi connectivity index (χ3n) is 4.10. The van der Waals surface area contributed by atoms with E-state index in [1.807, 2.05) is 54.6 Å². The summed E-state index contributed by atoms with van der Waals surface area (Å²) in [4.78, 5) is 24.3. The lowest BCUT2D eigenvalue weighted by atomic mass is 10.2. The molecule has 1 aliphatic rings. The third-order valence-corrected chi connectivity index (χ3v) is 6.04. The van der Waals surface area contributed by atoms with E-state index in [2.05, 4.69) is 16.6 Å². The number of nitrogens with zero attached hydrogens (tertiary/aromatic N) is 3. The number of hydrogen-bond acceptors (Lipinski definition) is 6. The largest absolute Gasteiger partial charge is 0.496 e. The zero-order chi connectivity index (χ0) is 19.5. The monoisotopic (exact) mass is 407 g/mol. The molecule has 1 saturated heterocycles. The fourth-order valence-corrected chi connectivity index (χ4v) is 4.67. The lowest BCUT2D eigenvalue weighted by Gasteiger charge is -2.11. The summed E-state index contributed by atoms with van der Waals surface area (Å²) in [5, 5.41) is 1.23. The van der Waals surface area contributed by atoms with Crippen molar-refractivity contribution in [3.63, 3.8) is 0 Å². The molecule has 1 aromatic heterocycles. The number of para-hydroxylation sites is 2. The number of amidine groups is 1. The van der Waals surface area contributed by atoms with Crippen molar-refractivity contribution in [1.82, 2.24) is 9.88 Å². The lowest BCUT2D eigenvalue weighted by Crippen LogP contribution is -2.29. The van der Waals surface area contributed by atoms with Crippen molar-refractivity contribution >= 4 is 55.6 Å². The highest BCUT2D eigenvalue weighted by Gasteiger charge is 2.33. The Morgan fingerprint density at radius 1 is 1.21 bits per heavy atom. The Hall–Kier alpha value is -2.90. The van der Waals surface area contributed by atoms with Crippen LogP contribution in [0, 0.1) is 0 Å². The minimum Gasteiger partial charge on any atom is -0.496 e. The number of carbonyl (C=O) groups is 1. The number of thiazole rings is 1. The summed E-state index contributed by atoms with van der Waals surface area (Å²) in [6.07, 6.45) is 3.53. The highest BCUT2D eigenvalue weighted by Crippen LogP contribution is 2.37. The normalized spacial score (nSPS) is 17.0. The molecule has 0 aliphatic carbocycles. The summed E-state index contributed by atoms with van der Waals surface area (Å²) in [5.74, 6) is 0.617. The van der Waals surface area contributed by atoms with Crippen molar-refractivity contribution in [2.24, 2.45) is 4.99 Å². The molecule has 1 aliphatic heterocycles. The van der Waals surface area contributed by atoms with Gasteiger partial charge in [-0.2, -0.15) is 4.99 Å². The summed E-state index contributed by atoms with van der Waals surface area (Å²) < 4.78 is 6.45. The Labute approximate surface area is 171 Å². The van der Waals surface area contributed by atoms with Gasteiger partial charge in [0.05, 0.1) is 22.2 Å². The van der Waals surface area contributed by atoms with Gasteiger partial charge in [0.2, 0.25) is 5.13 Å². The molecule has 0 spiro atoms. The summed E-state index contributed by atoms with van der Waals surface area (Å²) >= 11 is 2.84. The van der Waals surface area contributed by atoms with Gasteiger partial charge in [-0.1, -0.05) is 47.7 Å². The average molecular weight is 408 g/mol. The van der Waals surface area contributed by atoms with Crippen LogP contribution in [0.25, 0.3) is 16.3 Å². The van der Waals surface area contributed by atoms with Crippen LogP contribution < -0.4 is 4.74 Å². The summed E-state index contributed by atoms with van der Waals surface area (Å²) in [6, 6.07) is 15.5. The van der Waals surface area contributed by atoms with Crippen molar-refractivity contribution in [1.29, 1.82) is 0 Å². The first-order valence-electron chi connectivity index (χ1n) is 8.59. The Kier molecular flexibility index (Phi) is 5.27. The van der Waals surface area contributed by atoms with Crippen LogP contribution in [0.15, 0.2) is 71.1 Å². The van der Waals surface area contributed by atoms with Crippen LogP contribution in [-0.2, 0) is 4.79 Å². The zero-order valence-electron chi connectivity index (χ0n) is 15.2. The molecule has 0 atom stereocenters. The van der Waals surface area contributed by atoms with Crippen LogP contribution in [0.1, 0.15) is 5.56 Å². The van der Waals surface area contributed by atoms with E-state index in [1.54, 1.807) is 18.1 Å². The fraction of sp³-hybridized carbons (Fsp3) is 0.0952. The predicted octanol–water partition coefficient (Wildman–Crippen LogP) is 5.09. The Bertz CT molecular complexity index is 1080. The molecule has 2 heterocycles. The van der Waals surface area contributed by atoms with E-state index in [9.17, 15) is 4.79 Å². The molecule has 0 radical (unpaired) electrons.